The molecular formula is C23H22FN5OS. The summed E-state index contributed by atoms with van der Waals surface area (Å²) in [5.41, 5.74) is 3.91. The first-order chi connectivity index (χ1) is 15.0. The lowest BCUT2D eigenvalue weighted by atomic mass is 10.1. The highest BCUT2D eigenvalue weighted by Crippen LogP contribution is 2.30. The number of nitrogens with one attached hydrogen (secondary N) is 1. The van der Waals surface area contributed by atoms with Crippen LogP contribution >= 0.6 is 11.8 Å². The summed E-state index contributed by atoms with van der Waals surface area (Å²) in [4.78, 5) is 17.1. The third kappa shape index (κ3) is 3.99. The van der Waals surface area contributed by atoms with E-state index < -0.39 is 0 Å². The van der Waals surface area contributed by atoms with E-state index in [1.54, 1.807) is 12.1 Å². The highest BCUT2D eigenvalue weighted by atomic mass is 32.2. The molecule has 2 aromatic heterocycles. The molecule has 1 unspecified atom stereocenters. The number of hydrogen-bond acceptors (Lipinski definition) is 5. The molecule has 1 aliphatic rings. The van der Waals surface area contributed by atoms with Crippen LogP contribution in [0.15, 0.2) is 47.6 Å². The molecule has 0 bridgehead atoms. The zero-order valence-electron chi connectivity index (χ0n) is 17.3. The molecule has 31 heavy (non-hydrogen) atoms. The van der Waals surface area contributed by atoms with Gasteiger partial charge in [-0.05, 0) is 44.9 Å². The van der Waals surface area contributed by atoms with Crippen LogP contribution in [0.3, 0.4) is 0 Å². The van der Waals surface area contributed by atoms with Gasteiger partial charge in [0.15, 0.2) is 5.65 Å². The first-order valence-electron chi connectivity index (χ1n) is 10.3. The summed E-state index contributed by atoms with van der Waals surface area (Å²) in [5, 5.41) is 12.8. The van der Waals surface area contributed by atoms with Gasteiger partial charge >= 0.3 is 0 Å². The highest BCUT2D eigenvalue weighted by molar-refractivity contribution is 8.00. The zero-order chi connectivity index (χ0) is 21.5. The van der Waals surface area contributed by atoms with Crippen LogP contribution in [0.2, 0.25) is 0 Å². The molecule has 0 aliphatic heterocycles. The van der Waals surface area contributed by atoms with Crippen molar-refractivity contribution in [3.05, 3.63) is 59.4 Å². The number of aryl methyl sites for hydroxylation is 1. The van der Waals surface area contributed by atoms with E-state index in [0.717, 1.165) is 29.3 Å². The van der Waals surface area contributed by atoms with Gasteiger partial charge in [0.2, 0.25) is 11.1 Å². The van der Waals surface area contributed by atoms with Crippen molar-refractivity contribution >= 4 is 39.7 Å². The van der Waals surface area contributed by atoms with Gasteiger partial charge in [0.05, 0.1) is 17.3 Å². The van der Waals surface area contributed by atoms with Crippen molar-refractivity contribution in [3.8, 4) is 0 Å². The fourth-order valence-corrected chi connectivity index (χ4v) is 4.34. The Morgan fingerprint density at radius 3 is 2.84 bits per heavy atom. The van der Waals surface area contributed by atoms with Gasteiger partial charge in [-0.25, -0.2) is 9.37 Å². The van der Waals surface area contributed by atoms with Crippen LogP contribution in [-0.2, 0) is 11.3 Å². The lowest BCUT2D eigenvalue weighted by molar-refractivity contribution is -0.120. The van der Waals surface area contributed by atoms with E-state index in [2.05, 4.69) is 15.5 Å². The van der Waals surface area contributed by atoms with Gasteiger partial charge in [0.25, 0.3) is 0 Å². The van der Waals surface area contributed by atoms with Crippen molar-refractivity contribution in [2.45, 2.75) is 49.7 Å². The van der Waals surface area contributed by atoms with E-state index in [1.807, 2.05) is 42.7 Å². The minimum absolute atomic E-state index is 0.0151. The summed E-state index contributed by atoms with van der Waals surface area (Å²) >= 11 is 1.28. The second-order valence-corrected chi connectivity index (χ2v) is 9.32. The van der Waals surface area contributed by atoms with Crippen LogP contribution in [0.25, 0.3) is 22.1 Å². The zero-order valence-corrected chi connectivity index (χ0v) is 18.1. The molecule has 1 fully saturated rings. The number of amides is 1. The first-order valence-corrected chi connectivity index (χ1v) is 11.2. The van der Waals surface area contributed by atoms with E-state index in [9.17, 15) is 9.18 Å². The average molecular weight is 436 g/mol. The van der Waals surface area contributed by atoms with E-state index in [1.165, 1.54) is 17.8 Å². The van der Waals surface area contributed by atoms with Crippen LogP contribution in [-0.4, -0.2) is 36.9 Å². The Balaban J connectivity index is 1.56. The normalized spacial score (nSPS) is 14.8. The third-order valence-corrected chi connectivity index (χ3v) is 6.42. The van der Waals surface area contributed by atoms with Crippen molar-refractivity contribution < 1.29 is 9.18 Å². The first kappa shape index (κ1) is 19.9. The molecule has 2 aromatic carbocycles. The van der Waals surface area contributed by atoms with Crippen LogP contribution < -0.4 is 5.32 Å². The van der Waals surface area contributed by atoms with Crippen molar-refractivity contribution in [3.63, 3.8) is 0 Å². The standard InChI is InChI=1S/C23H22FN5OS/c1-13-7-10-19-17(11-13)20-21(29(19)12-15-5-3-4-6-18(15)24)26-23(28-27-20)31-14(2)22(30)25-16-8-9-16/h3-7,10-11,14,16H,8-9,12H2,1-2H3,(H,25,30). The minimum atomic E-state index is -0.327. The quantitative estimate of drug-likeness (QED) is 0.459. The molecule has 1 N–H and O–H groups in total. The summed E-state index contributed by atoms with van der Waals surface area (Å²) in [6, 6.07) is 13.1. The molecule has 0 radical (unpaired) electrons. The van der Waals surface area contributed by atoms with Crippen LogP contribution in [0.4, 0.5) is 4.39 Å². The van der Waals surface area contributed by atoms with Gasteiger partial charge in [-0.1, -0.05) is 41.6 Å². The average Bonchev–Trinajstić information content (AvgIpc) is 3.52. The summed E-state index contributed by atoms with van der Waals surface area (Å²) in [6.07, 6.45) is 2.09. The number of rotatable bonds is 6. The second kappa shape index (κ2) is 7.92. The molecule has 0 spiro atoms. The predicted molar refractivity (Wildman–Crippen MR) is 120 cm³/mol. The second-order valence-electron chi connectivity index (χ2n) is 8.01. The fourth-order valence-electron chi connectivity index (χ4n) is 3.62. The van der Waals surface area contributed by atoms with E-state index in [-0.39, 0.29) is 17.0 Å². The Hall–Kier alpha value is -3.00. The Kier molecular flexibility index (Phi) is 5.09. The number of carbonyl (C=O) groups excluding carboxylic acids is 1. The van der Waals surface area contributed by atoms with Crippen molar-refractivity contribution in [1.29, 1.82) is 0 Å². The Bertz CT molecular complexity index is 1300. The maximum absolute atomic E-state index is 14.4. The van der Waals surface area contributed by atoms with Crippen molar-refractivity contribution in [1.82, 2.24) is 25.1 Å². The molecule has 1 amide bonds. The number of halogens is 1. The lowest BCUT2D eigenvalue weighted by Crippen LogP contribution is -2.32. The van der Waals surface area contributed by atoms with Crippen molar-refractivity contribution in [2.75, 3.05) is 0 Å². The molecule has 4 aromatic rings. The Morgan fingerprint density at radius 2 is 2.06 bits per heavy atom. The van der Waals surface area contributed by atoms with Gasteiger partial charge in [0.1, 0.15) is 11.3 Å². The van der Waals surface area contributed by atoms with E-state index in [4.69, 9.17) is 4.98 Å². The van der Waals surface area contributed by atoms with Crippen LogP contribution in [0.1, 0.15) is 30.9 Å². The van der Waals surface area contributed by atoms with E-state index in [0.29, 0.717) is 34.5 Å². The Labute approximate surface area is 183 Å². The SMILES string of the molecule is Cc1ccc2c(c1)c1nnc(SC(C)C(=O)NC3CC3)nc1n2Cc1ccccc1F. The molecule has 1 saturated carbocycles. The smallest absolute Gasteiger partial charge is 0.233 e. The van der Waals surface area contributed by atoms with Crippen LogP contribution in [0.5, 0.6) is 0 Å². The molecule has 5 rings (SSSR count). The predicted octanol–water partition coefficient (Wildman–Crippen LogP) is 4.23. The molecule has 158 valence electrons. The number of fused-ring (bicyclic) bond motifs is 3. The fraction of sp³-hybridized carbons (Fsp3) is 0.304. The van der Waals surface area contributed by atoms with Crippen molar-refractivity contribution in [2.24, 2.45) is 0 Å². The summed E-state index contributed by atoms with van der Waals surface area (Å²) in [6.45, 7) is 4.19. The molecule has 8 heteroatoms. The largest absolute Gasteiger partial charge is 0.352 e. The molecular weight excluding hydrogens is 413 g/mol. The summed E-state index contributed by atoms with van der Waals surface area (Å²) < 4.78 is 16.4. The lowest BCUT2D eigenvalue weighted by Gasteiger charge is -2.11. The minimum Gasteiger partial charge on any atom is -0.352 e. The number of hydrogen-bond donors (Lipinski definition) is 1. The number of carbonyl (C=O) groups is 1. The number of nitrogens with zero attached hydrogens (tertiary/aromatic N) is 4. The maximum atomic E-state index is 14.4. The van der Waals surface area contributed by atoms with Crippen LogP contribution in [0, 0.1) is 12.7 Å². The monoisotopic (exact) mass is 435 g/mol. The number of thioether (sulfide) groups is 1. The van der Waals surface area contributed by atoms with Gasteiger partial charge in [-0.15, -0.1) is 10.2 Å². The van der Waals surface area contributed by atoms with Gasteiger partial charge in [0, 0.05) is 17.0 Å². The molecule has 6 nitrogen and oxygen atoms in total. The molecule has 1 atom stereocenters. The molecule has 2 heterocycles. The third-order valence-electron chi connectivity index (χ3n) is 5.46. The Morgan fingerprint density at radius 1 is 1.26 bits per heavy atom. The van der Waals surface area contributed by atoms with Gasteiger partial charge < -0.3 is 9.88 Å². The van der Waals surface area contributed by atoms with Gasteiger partial charge in [-0.2, -0.15) is 0 Å². The van der Waals surface area contributed by atoms with E-state index >= 15 is 0 Å². The summed E-state index contributed by atoms with van der Waals surface area (Å²) in [5.74, 6) is -0.273. The summed E-state index contributed by atoms with van der Waals surface area (Å²) in [7, 11) is 0. The highest BCUT2D eigenvalue weighted by Gasteiger charge is 2.27. The number of benzene rings is 2. The molecule has 1 aliphatic carbocycles. The topological polar surface area (TPSA) is 72.7 Å². The molecule has 0 saturated heterocycles. The maximum Gasteiger partial charge on any atom is 0.233 e. The number of aromatic nitrogens is 4. The van der Waals surface area contributed by atoms with Gasteiger partial charge in [-0.3, -0.25) is 4.79 Å².